The van der Waals surface area contributed by atoms with Gasteiger partial charge in [0, 0.05) is 12.0 Å². The van der Waals surface area contributed by atoms with Gasteiger partial charge in [-0.3, -0.25) is 4.79 Å². The molecule has 0 heterocycles. The van der Waals surface area contributed by atoms with Crippen molar-refractivity contribution in [2.75, 3.05) is 0 Å². The molecule has 0 atom stereocenters. The molecule has 0 aliphatic rings. The summed E-state index contributed by atoms with van der Waals surface area (Å²) < 4.78 is 12.5. The highest BCUT2D eigenvalue weighted by Crippen LogP contribution is 2.09. The van der Waals surface area contributed by atoms with Crippen LogP contribution < -0.4 is 0 Å². The van der Waals surface area contributed by atoms with Crippen molar-refractivity contribution in [3.05, 3.63) is 47.8 Å². The molecular weight excluding hydrogens is 179 g/mol. The number of allylic oxidation sites excluding steroid dienone is 1. The quantitative estimate of drug-likeness (QED) is 0.528. The maximum atomic E-state index is 12.5. The van der Waals surface area contributed by atoms with Crippen molar-refractivity contribution in [1.29, 1.82) is 0 Å². The Kier molecular flexibility index (Phi) is 3.57. The molecule has 0 saturated heterocycles. The molecule has 0 fully saturated rings. The van der Waals surface area contributed by atoms with E-state index in [0.717, 1.165) is 5.57 Å². The smallest absolute Gasteiger partial charge is 0.163 e. The van der Waals surface area contributed by atoms with Gasteiger partial charge in [-0.25, -0.2) is 4.39 Å². The van der Waals surface area contributed by atoms with Crippen LogP contribution in [0.4, 0.5) is 4.39 Å². The van der Waals surface area contributed by atoms with Crippen molar-refractivity contribution in [2.45, 2.75) is 19.8 Å². The van der Waals surface area contributed by atoms with Crippen molar-refractivity contribution in [2.24, 2.45) is 0 Å². The molecule has 14 heavy (non-hydrogen) atoms. The summed E-state index contributed by atoms with van der Waals surface area (Å²) in [6, 6.07) is 5.62. The molecular formula is C12H13FO. The summed E-state index contributed by atoms with van der Waals surface area (Å²) in [6.45, 7) is 5.61. The number of rotatable bonds is 4. The molecule has 1 rings (SSSR count). The lowest BCUT2D eigenvalue weighted by Crippen LogP contribution is -1.98. The van der Waals surface area contributed by atoms with Crippen LogP contribution in [0.3, 0.4) is 0 Å². The minimum absolute atomic E-state index is 0.0352. The third kappa shape index (κ3) is 3.13. The summed E-state index contributed by atoms with van der Waals surface area (Å²) in [5.41, 5.74) is 1.55. The third-order valence-corrected chi connectivity index (χ3v) is 1.95. The first-order chi connectivity index (χ1) is 6.59. The minimum Gasteiger partial charge on any atom is -0.294 e. The van der Waals surface area contributed by atoms with E-state index in [1.165, 1.54) is 24.3 Å². The van der Waals surface area contributed by atoms with Gasteiger partial charge in [-0.1, -0.05) is 5.57 Å². The maximum absolute atomic E-state index is 12.5. The first-order valence-electron chi connectivity index (χ1n) is 4.53. The molecule has 0 aromatic heterocycles. The normalized spacial score (nSPS) is 9.86. The van der Waals surface area contributed by atoms with Gasteiger partial charge < -0.3 is 0 Å². The van der Waals surface area contributed by atoms with Crippen LogP contribution in [0.15, 0.2) is 36.4 Å². The van der Waals surface area contributed by atoms with Crippen molar-refractivity contribution >= 4 is 5.78 Å². The molecule has 0 radical (unpaired) electrons. The van der Waals surface area contributed by atoms with Gasteiger partial charge in [0.2, 0.25) is 0 Å². The molecule has 0 unspecified atom stereocenters. The minimum atomic E-state index is -0.318. The van der Waals surface area contributed by atoms with Crippen molar-refractivity contribution in [1.82, 2.24) is 0 Å². The molecule has 1 aromatic rings. The van der Waals surface area contributed by atoms with E-state index in [1.54, 1.807) is 0 Å². The number of ketones is 1. The summed E-state index contributed by atoms with van der Waals surface area (Å²) in [4.78, 5) is 11.5. The summed E-state index contributed by atoms with van der Waals surface area (Å²) >= 11 is 0. The molecule has 2 heteroatoms. The summed E-state index contributed by atoms with van der Waals surface area (Å²) in [7, 11) is 0. The van der Waals surface area contributed by atoms with E-state index >= 15 is 0 Å². The van der Waals surface area contributed by atoms with Gasteiger partial charge in [0.1, 0.15) is 5.82 Å². The fourth-order valence-electron chi connectivity index (χ4n) is 1.11. The van der Waals surface area contributed by atoms with E-state index < -0.39 is 0 Å². The zero-order chi connectivity index (χ0) is 10.6. The van der Waals surface area contributed by atoms with E-state index in [0.29, 0.717) is 18.4 Å². The van der Waals surface area contributed by atoms with Gasteiger partial charge >= 0.3 is 0 Å². The van der Waals surface area contributed by atoms with Crippen LogP contribution in [-0.4, -0.2) is 5.78 Å². The van der Waals surface area contributed by atoms with Crippen LogP contribution in [0, 0.1) is 5.82 Å². The van der Waals surface area contributed by atoms with Gasteiger partial charge in [-0.15, -0.1) is 6.58 Å². The average Bonchev–Trinajstić information content (AvgIpc) is 2.15. The second kappa shape index (κ2) is 4.70. The van der Waals surface area contributed by atoms with Crippen LogP contribution in [0.5, 0.6) is 0 Å². The standard InChI is InChI=1S/C12H13FO/c1-9(2)3-8-12(14)10-4-6-11(13)7-5-10/h4-7H,1,3,8H2,2H3. The molecule has 1 aromatic carbocycles. The molecule has 0 N–H and O–H groups in total. The number of hydrogen-bond donors (Lipinski definition) is 0. The summed E-state index contributed by atoms with van der Waals surface area (Å²) in [5, 5.41) is 0. The van der Waals surface area contributed by atoms with E-state index in [1.807, 2.05) is 6.92 Å². The van der Waals surface area contributed by atoms with E-state index in [-0.39, 0.29) is 11.6 Å². The predicted molar refractivity (Wildman–Crippen MR) is 54.8 cm³/mol. The monoisotopic (exact) mass is 192 g/mol. The molecule has 0 spiro atoms. The van der Waals surface area contributed by atoms with E-state index in [2.05, 4.69) is 6.58 Å². The van der Waals surface area contributed by atoms with Gasteiger partial charge in [-0.05, 0) is 37.6 Å². The fraction of sp³-hybridized carbons (Fsp3) is 0.250. The molecule has 0 bridgehead atoms. The average molecular weight is 192 g/mol. The van der Waals surface area contributed by atoms with Gasteiger partial charge in [0.15, 0.2) is 5.78 Å². The molecule has 0 saturated carbocycles. The lowest BCUT2D eigenvalue weighted by atomic mass is 10.0. The maximum Gasteiger partial charge on any atom is 0.163 e. The zero-order valence-corrected chi connectivity index (χ0v) is 8.22. The number of carbonyl (C=O) groups excluding carboxylic acids is 1. The van der Waals surface area contributed by atoms with Gasteiger partial charge in [0.25, 0.3) is 0 Å². The Morgan fingerprint density at radius 3 is 2.36 bits per heavy atom. The second-order valence-corrected chi connectivity index (χ2v) is 3.39. The number of hydrogen-bond acceptors (Lipinski definition) is 1. The highest BCUT2D eigenvalue weighted by Gasteiger charge is 2.04. The lowest BCUT2D eigenvalue weighted by molar-refractivity contribution is 0.0983. The van der Waals surface area contributed by atoms with Gasteiger partial charge in [-0.2, -0.15) is 0 Å². The zero-order valence-electron chi connectivity index (χ0n) is 8.22. The Morgan fingerprint density at radius 1 is 1.29 bits per heavy atom. The van der Waals surface area contributed by atoms with E-state index in [9.17, 15) is 9.18 Å². The predicted octanol–water partition coefficient (Wildman–Crippen LogP) is 3.36. The van der Waals surface area contributed by atoms with Crippen LogP contribution in [0.25, 0.3) is 0 Å². The molecule has 0 aliphatic carbocycles. The molecule has 0 amide bonds. The fourth-order valence-corrected chi connectivity index (χ4v) is 1.11. The van der Waals surface area contributed by atoms with Crippen LogP contribution >= 0.6 is 0 Å². The summed E-state index contributed by atoms with van der Waals surface area (Å²) in [6.07, 6.45) is 1.14. The Bertz CT molecular complexity index is 338. The number of halogens is 1. The van der Waals surface area contributed by atoms with Crippen molar-refractivity contribution in [3.8, 4) is 0 Å². The SMILES string of the molecule is C=C(C)CCC(=O)c1ccc(F)cc1. The van der Waals surface area contributed by atoms with Crippen molar-refractivity contribution < 1.29 is 9.18 Å². The Hall–Kier alpha value is -1.44. The molecule has 0 aliphatic heterocycles. The molecule has 74 valence electrons. The number of benzene rings is 1. The Morgan fingerprint density at radius 2 is 1.86 bits per heavy atom. The largest absolute Gasteiger partial charge is 0.294 e. The van der Waals surface area contributed by atoms with Crippen molar-refractivity contribution in [3.63, 3.8) is 0 Å². The highest BCUT2D eigenvalue weighted by molar-refractivity contribution is 5.96. The lowest BCUT2D eigenvalue weighted by Gasteiger charge is -2.00. The first-order valence-corrected chi connectivity index (χ1v) is 4.53. The van der Waals surface area contributed by atoms with Crippen LogP contribution in [0.2, 0.25) is 0 Å². The number of carbonyl (C=O) groups is 1. The highest BCUT2D eigenvalue weighted by atomic mass is 19.1. The topological polar surface area (TPSA) is 17.1 Å². The molecule has 1 nitrogen and oxygen atoms in total. The Labute approximate surface area is 83.3 Å². The third-order valence-electron chi connectivity index (χ3n) is 1.95. The van der Waals surface area contributed by atoms with E-state index in [4.69, 9.17) is 0 Å². The number of Topliss-reactive ketones (excluding diaryl/α,β-unsaturated/α-hetero) is 1. The van der Waals surface area contributed by atoms with Crippen LogP contribution in [0.1, 0.15) is 30.1 Å². The first kappa shape index (κ1) is 10.6. The van der Waals surface area contributed by atoms with Crippen LogP contribution in [-0.2, 0) is 0 Å². The van der Waals surface area contributed by atoms with Gasteiger partial charge in [0.05, 0.1) is 0 Å². The summed E-state index contributed by atoms with van der Waals surface area (Å²) in [5.74, 6) is -0.283. The second-order valence-electron chi connectivity index (χ2n) is 3.39. The Balaban J connectivity index is 2.61.